The van der Waals surface area contributed by atoms with Gasteiger partial charge in [-0.1, -0.05) is 5.16 Å². The maximum atomic E-state index is 5.30. The smallest absolute Gasteiger partial charge is 0.258 e. The molecule has 2 aromatic heterocycles. The molecule has 1 N–H and O–H groups in total. The second-order valence-corrected chi connectivity index (χ2v) is 4.54. The summed E-state index contributed by atoms with van der Waals surface area (Å²) in [5.74, 6) is 1.35. The number of rotatable bonds is 2. The van der Waals surface area contributed by atoms with E-state index in [1.54, 1.807) is 18.5 Å². The van der Waals surface area contributed by atoms with E-state index in [0.29, 0.717) is 17.5 Å². The largest absolute Gasteiger partial charge is 0.384 e. The van der Waals surface area contributed by atoms with Crippen molar-refractivity contribution in [2.45, 2.75) is 6.42 Å². The van der Waals surface area contributed by atoms with Gasteiger partial charge in [0.25, 0.3) is 5.89 Å². The van der Waals surface area contributed by atoms with E-state index in [-0.39, 0.29) is 0 Å². The first-order chi connectivity index (χ1) is 9.90. The van der Waals surface area contributed by atoms with Crippen molar-refractivity contribution in [3.05, 3.63) is 42.2 Å². The fourth-order valence-electron chi connectivity index (χ4n) is 2.28. The molecule has 1 aliphatic rings. The Morgan fingerprint density at radius 3 is 2.90 bits per heavy atom. The normalized spacial score (nSPS) is 13.0. The summed E-state index contributed by atoms with van der Waals surface area (Å²) < 4.78 is 5.30. The highest BCUT2D eigenvalue weighted by Gasteiger charge is 2.15. The molecule has 1 aliphatic heterocycles. The van der Waals surface area contributed by atoms with Crippen LogP contribution in [-0.4, -0.2) is 26.7 Å². The Morgan fingerprint density at radius 2 is 2.00 bits per heavy atom. The lowest BCUT2D eigenvalue weighted by Crippen LogP contribution is -1.90. The van der Waals surface area contributed by atoms with Crippen LogP contribution in [0.2, 0.25) is 0 Å². The second-order valence-electron chi connectivity index (χ2n) is 4.54. The Kier molecular flexibility index (Phi) is 2.45. The lowest BCUT2D eigenvalue weighted by Gasteiger charge is -2.00. The number of aromatic nitrogens is 4. The van der Waals surface area contributed by atoms with Crippen LogP contribution in [0, 0.1) is 0 Å². The van der Waals surface area contributed by atoms with Gasteiger partial charge in [-0.05, 0) is 36.2 Å². The molecule has 3 heterocycles. The van der Waals surface area contributed by atoms with E-state index >= 15 is 0 Å². The Morgan fingerprint density at radius 1 is 1.10 bits per heavy atom. The summed E-state index contributed by atoms with van der Waals surface area (Å²) >= 11 is 0. The number of hydrogen-bond acceptors (Lipinski definition) is 6. The predicted molar refractivity (Wildman–Crippen MR) is 73.0 cm³/mol. The molecular formula is C14H11N5O. The summed E-state index contributed by atoms with van der Waals surface area (Å²) in [5, 5.41) is 7.25. The zero-order valence-electron chi connectivity index (χ0n) is 10.6. The molecule has 4 rings (SSSR count). The average Bonchev–Trinajstić information content (AvgIpc) is 3.16. The molecule has 0 unspecified atom stereocenters. The third-order valence-electron chi connectivity index (χ3n) is 3.25. The average molecular weight is 265 g/mol. The van der Waals surface area contributed by atoms with Crippen molar-refractivity contribution in [2.24, 2.45) is 0 Å². The van der Waals surface area contributed by atoms with Crippen LogP contribution in [0.3, 0.4) is 0 Å². The van der Waals surface area contributed by atoms with Gasteiger partial charge in [-0.2, -0.15) is 4.98 Å². The maximum Gasteiger partial charge on any atom is 0.258 e. The molecule has 0 aliphatic carbocycles. The van der Waals surface area contributed by atoms with E-state index in [2.05, 4.69) is 31.5 Å². The standard InChI is InChI=1S/C14H11N5O/c1-5-16-12(17-6-1)13-18-14(20-19-13)10-2-3-11-9(8-10)4-7-15-11/h1-3,5-6,8,15H,4,7H2. The van der Waals surface area contributed by atoms with E-state index in [1.807, 2.05) is 12.1 Å². The van der Waals surface area contributed by atoms with Crippen molar-refractivity contribution in [2.75, 3.05) is 11.9 Å². The lowest BCUT2D eigenvalue weighted by molar-refractivity contribution is 0.432. The maximum absolute atomic E-state index is 5.30. The third-order valence-corrected chi connectivity index (χ3v) is 3.25. The molecular weight excluding hydrogens is 254 g/mol. The highest BCUT2D eigenvalue weighted by atomic mass is 16.5. The minimum absolute atomic E-state index is 0.402. The molecule has 20 heavy (non-hydrogen) atoms. The number of nitrogens with zero attached hydrogens (tertiary/aromatic N) is 4. The van der Waals surface area contributed by atoms with Crippen LogP contribution in [0.5, 0.6) is 0 Å². The molecule has 3 aromatic rings. The number of nitrogens with one attached hydrogen (secondary N) is 1. The van der Waals surface area contributed by atoms with Crippen LogP contribution in [0.4, 0.5) is 5.69 Å². The van der Waals surface area contributed by atoms with Crippen LogP contribution in [-0.2, 0) is 6.42 Å². The summed E-state index contributed by atoms with van der Waals surface area (Å²) in [4.78, 5) is 12.6. The third kappa shape index (κ3) is 1.82. The molecule has 6 heteroatoms. The van der Waals surface area contributed by atoms with Gasteiger partial charge in [-0.3, -0.25) is 0 Å². The van der Waals surface area contributed by atoms with Gasteiger partial charge in [-0.15, -0.1) is 0 Å². The van der Waals surface area contributed by atoms with Crippen molar-refractivity contribution >= 4 is 5.69 Å². The molecule has 0 radical (unpaired) electrons. The first-order valence-electron chi connectivity index (χ1n) is 6.38. The van der Waals surface area contributed by atoms with Gasteiger partial charge < -0.3 is 9.84 Å². The van der Waals surface area contributed by atoms with Gasteiger partial charge in [0, 0.05) is 30.2 Å². The monoisotopic (exact) mass is 265 g/mol. The van der Waals surface area contributed by atoms with Crippen LogP contribution in [0.15, 0.2) is 41.2 Å². The quantitative estimate of drug-likeness (QED) is 0.765. The van der Waals surface area contributed by atoms with Gasteiger partial charge in [0.05, 0.1) is 0 Å². The molecule has 0 spiro atoms. The fourth-order valence-corrected chi connectivity index (χ4v) is 2.28. The lowest BCUT2D eigenvalue weighted by atomic mass is 10.1. The molecule has 1 aromatic carbocycles. The number of hydrogen-bond donors (Lipinski definition) is 1. The first kappa shape index (κ1) is 11.1. The molecule has 0 atom stereocenters. The highest BCUT2D eigenvalue weighted by molar-refractivity contribution is 5.65. The fraction of sp³-hybridized carbons (Fsp3) is 0.143. The molecule has 0 saturated carbocycles. The molecule has 0 saturated heterocycles. The van der Waals surface area contributed by atoms with Crippen molar-refractivity contribution in [1.29, 1.82) is 0 Å². The SMILES string of the molecule is c1cnc(-c2noc(-c3ccc4c(c3)CCN4)n2)nc1. The van der Waals surface area contributed by atoms with Crippen LogP contribution in [0.1, 0.15) is 5.56 Å². The van der Waals surface area contributed by atoms with Crippen molar-refractivity contribution < 1.29 is 4.52 Å². The van der Waals surface area contributed by atoms with Crippen LogP contribution >= 0.6 is 0 Å². The van der Waals surface area contributed by atoms with Crippen molar-refractivity contribution in [1.82, 2.24) is 20.1 Å². The summed E-state index contributed by atoms with van der Waals surface area (Å²) in [6, 6.07) is 7.84. The zero-order valence-corrected chi connectivity index (χ0v) is 10.6. The van der Waals surface area contributed by atoms with E-state index < -0.39 is 0 Å². The van der Waals surface area contributed by atoms with E-state index in [9.17, 15) is 0 Å². The number of fused-ring (bicyclic) bond motifs is 1. The van der Waals surface area contributed by atoms with Crippen LogP contribution < -0.4 is 5.32 Å². The molecule has 0 bridgehead atoms. The van der Waals surface area contributed by atoms with Gasteiger partial charge in [-0.25, -0.2) is 9.97 Å². The van der Waals surface area contributed by atoms with E-state index in [0.717, 1.165) is 18.5 Å². The molecule has 0 fully saturated rings. The van der Waals surface area contributed by atoms with Gasteiger partial charge in [0.15, 0.2) is 0 Å². The summed E-state index contributed by atoms with van der Waals surface area (Å²) in [6.45, 7) is 0.978. The predicted octanol–water partition coefficient (Wildman–Crippen LogP) is 2.16. The van der Waals surface area contributed by atoms with Crippen LogP contribution in [0.25, 0.3) is 23.1 Å². The number of anilines is 1. The van der Waals surface area contributed by atoms with Gasteiger partial charge in [0.1, 0.15) is 0 Å². The van der Waals surface area contributed by atoms with E-state index in [1.165, 1.54) is 11.3 Å². The van der Waals surface area contributed by atoms with E-state index in [4.69, 9.17) is 4.52 Å². The Labute approximate surface area is 114 Å². The Bertz CT molecular complexity index is 753. The molecule has 98 valence electrons. The Hall–Kier alpha value is -2.76. The van der Waals surface area contributed by atoms with Gasteiger partial charge >= 0.3 is 0 Å². The zero-order chi connectivity index (χ0) is 13.4. The number of benzene rings is 1. The summed E-state index contributed by atoms with van der Waals surface area (Å²) in [6.07, 6.45) is 4.32. The topological polar surface area (TPSA) is 76.7 Å². The molecule has 6 nitrogen and oxygen atoms in total. The summed E-state index contributed by atoms with van der Waals surface area (Å²) in [5.41, 5.74) is 3.38. The highest BCUT2D eigenvalue weighted by Crippen LogP contribution is 2.28. The minimum atomic E-state index is 0.402. The van der Waals surface area contributed by atoms with Crippen molar-refractivity contribution in [3.8, 4) is 23.1 Å². The van der Waals surface area contributed by atoms with Gasteiger partial charge in [0.2, 0.25) is 11.6 Å². The first-order valence-corrected chi connectivity index (χ1v) is 6.38. The Balaban J connectivity index is 1.72. The van der Waals surface area contributed by atoms with Crippen molar-refractivity contribution in [3.63, 3.8) is 0 Å². The second kappa shape index (κ2) is 4.41. The minimum Gasteiger partial charge on any atom is -0.384 e. The molecule has 0 amide bonds. The summed E-state index contributed by atoms with van der Waals surface area (Å²) in [7, 11) is 0.